The average Bonchev–Trinajstić information content (AvgIpc) is 3.23. The molecular weight excluding hydrogens is 376 g/mol. The van der Waals surface area contributed by atoms with Gasteiger partial charge in [0.25, 0.3) is 5.91 Å². The molecule has 0 atom stereocenters. The first-order valence-electron chi connectivity index (χ1n) is 7.51. The fraction of sp³-hybridized carbons (Fsp3) is 0.188. The minimum absolute atomic E-state index is 0.140. The lowest BCUT2D eigenvalue weighted by Gasteiger charge is -2.15. The topological polar surface area (TPSA) is 105 Å². The van der Waals surface area contributed by atoms with Crippen LogP contribution in [0.2, 0.25) is 0 Å². The maximum Gasteiger partial charge on any atom is 0.254 e. The lowest BCUT2D eigenvalue weighted by molar-refractivity contribution is 0.0769. The van der Waals surface area contributed by atoms with Crippen LogP contribution in [0.3, 0.4) is 0 Å². The van der Waals surface area contributed by atoms with E-state index >= 15 is 0 Å². The van der Waals surface area contributed by atoms with Crippen molar-refractivity contribution in [1.82, 2.24) is 15.0 Å². The van der Waals surface area contributed by atoms with E-state index in [0.717, 1.165) is 11.1 Å². The Kier molecular flexibility index (Phi) is 5.05. The van der Waals surface area contributed by atoms with Gasteiger partial charge in [0.15, 0.2) is 0 Å². The van der Waals surface area contributed by atoms with Crippen molar-refractivity contribution in [3.63, 3.8) is 0 Å². The van der Waals surface area contributed by atoms with E-state index in [1.165, 1.54) is 22.3 Å². The first-order chi connectivity index (χ1) is 12.3. The third-order valence-electron chi connectivity index (χ3n) is 3.34. The third-order valence-corrected chi connectivity index (χ3v) is 4.81. The molecule has 8 nitrogen and oxygen atoms in total. The summed E-state index contributed by atoms with van der Waals surface area (Å²) in [5.41, 5.74) is 0.670. The van der Waals surface area contributed by atoms with Gasteiger partial charge in [-0.25, -0.2) is 8.42 Å². The van der Waals surface area contributed by atoms with Gasteiger partial charge in [-0.1, -0.05) is 17.3 Å². The third kappa shape index (κ3) is 4.46. The van der Waals surface area contributed by atoms with Crippen molar-refractivity contribution in [2.75, 3.05) is 18.0 Å². The Morgan fingerprint density at radius 2 is 2.12 bits per heavy atom. The summed E-state index contributed by atoms with van der Waals surface area (Å²) in [6.07, 6.45) is 1.05. The van der Waals surface area contributed by atoms with Crippen LogP contribution in [0.1, 0.15) is 16.2 Å². The maximum atomic E-state index is 12.6. The zero-order chi connectivity index (χ0) is 18.7. The molecule has 1 amide bonds. The zero-order valence-electron chi connectivity index (χ0n) is 14.0. The van der Waals surface area contributed by atoms with E-state index in [1.807, 2.05) is 17.5 Å². The predicted molar refractivity (Wildman–Crippen MR) is 98.3 cm³/mol. The number of hydrogen-bond donors (Lipinski definition) is 1. The summed E-state index contributed by atoms with van der Waals surface area (Å²) < 4.78 is 30.2. The number of nitrogens with one attached hydrogen (secondary N) is 1. The Balaban J connectivity index is 1.71. The van der Waals surface area contributed by atoms with Gasteiger partial charge in [0, 0.05) is 18.3 Å². The summed E-state index contributed by atoms with van der Waals surface area (Å²) in [5, 5.41) is 5.82. The number of rotatable bonds is 6. The summed E-state index contributed by atoms with van der Waals surface area (Å²) >= 11 is 1.50. The lowest BCUT2D eigenvalue weighted by atomic mass is 10.2. The summed E-state index contributed by atoms with van der Waals surface area (Å²) in [6, 6.07) is 10.0. The van der Waals surface area contributed by atoms with Crippen molar-refractivity contribution in [1.29, 1.82) is 0 Å². The van der Waals surface area contributed by atoms with E-state index in [-0.39, 0.29) is 12.5 Å². The Hall–Kier alpha value is -2.72. The Morgan fingerprint density at radius 1 is 1.31 bits per heavy atom. The van der Waals surface area contributed by atoms with Crippen LogP contribution in [0.5, 0.6) is 0 Å². The number of anilines is 1. The number of sulfonamides is 1. The van der Waals surface area contributed by atoms with E-state index in [9.17, 15) is 13.2 Å². The predicted octanol–water partition coefficient (Wildman–Crippen LogP) is 2.44. The van der Waals surface area contributed by atoms with Crippen LogP contribution in [0.15, 0.2) is 46.3 Å². The van der Waals surface area contributed by atoms with Gasteiger partial charge in [0.1, 0.15) is 0 Å². The molecule has 0 fully saturated rings. The molecule has 0 spiro atoms. The van der Waals surface area contributed by atoms with E-state index < -0.39 is 10.0 Å². The second-order valence-electron chi connectivity index (χ2n) is 5.61. The SMILES string of the molecule is CN(Cc1nc(-c2cccs2)no1)C(=O)c1cccc(NS(C)(=O)=O)c1. The molecule has 26 heavy (non-hydrogen) atoms. The number of hydrogen-bond acceptors (Lipinski definition) is 7. The fourth-order valence-corrected chi connectivity index (χ4v) is 3.45. The van der Waals surface area contributed by atoms with Crippen molar-refractivity contribution in [3.05, 3.63) is 53.2 Å². The highest BCUT2D eigenvalue weighted by atomic mass is 32.2. The van der Waals surface area contributed by atoms with Gasteiger partial charge in [-0.05, 0) is 29.6 Å². The van der Waals surface area contributed by atoms with E-state index in [4.69, 9.17) is 4.52 Å². The van der Waals surface area contributed by atoms with Crippen LogP contribution in [0, 0.1) is 0 Å². The first-order valence-corrected chi connectivity index (χ1v) is 10.3. The number of amides is 1. The van der Waals surface area contributed by atoms with Crippen molar-refractivity contribution in [2.45, 2.75) is 6.54 Å². The summed E-state index contributed by atoms with van der Waals surface area (Å²) in [6.45, 7) is 0.140. The molecule has 0 aliphatic heterocycles. The second kappa shape index (κ2) is 7.26. The standard InChI is InChI=1S/C16H16N4O4S2/c1-20(10-14-17-15(18-24-14)13-7-4-8-25-13)16(21)11-5-3-6-12(9-11)19-26(2,22)23/h3-9,19H,10H2,1-2H3. The van der Waals surface area contributed by atoms with Crippen LogP contribution in [0.4, 0.5) is 5.69 Å². The minimum atomic E-state index is -3.41. The van der Waals surface area contributed by atoms with Gasteiger partial charge >= 0.3 is 0 Å². The molecule has 0 unspecified atom stereocenters. The Morgan fingerprint density at radius 3 is 2.81 bits per heavy atom. The number of aromatic nitrogens is 2. The number of nitrogens with zero attached hydrogens (tertiary/aromatic N) is 3. The van der Waals surface area contributed by atoms with Crippen molar-refractivity contribution in [3.8, 4) is 10.7 Å². The summed E-state index contributed by atoms with van der Waals surface area (Å²) in [5.74, 6) is 0.503. The first kappa shape index (κ1) is 18.1. The van der Waals surface area contributed by atoms with Gasteiger partial charge in [0.05, 0.1) is 17.7 Å². The van der Waals surface area contributed by atoms with E-state index in [1.54, 1.807) is 25.2 Å². The monoisotopic (exact) mass is 392 g/mol. The largest absolute Gasteiger partial charge is 0.337 e. The normalized spacial score (nSPS) is 11.3. The summed E-state index contributed by atoms with van der Waals surface area (Å²) in [4.78, 5) is 19.1. The van der Waals surface area contributed by atoms with Crippen LogP contribution in [0.25, 0.3) is 10.7 Å². The van der Waals surface area contributed by atoms with Gasteiger partial charge in [-0.2, -0.15) is 4.98 Å². The fourth-order valence-electron chi connectivity index (χ4n) is 2.25. The second-order valence-corrected chi connectivity index (χ2v) is 8.30. The Labute approximate surface area is 154 Å². The molecule has 0 aliphatic rings. The molecule has 10 heteroatoms. The highest BCUT2D eigenvalue weighted by Gasteiger charge is 2.17. The smallest absolute Gasteiger partial charge is 0.254 e. The molecule has 3 rings (SSSR count). The van der Waals surface area contributed by atoms with E-state index in [0.29, 0.717) is 23.0 Å². The molecule has 0 saturated heterocycles. The van der Waals surface area contributed by atoms with Gasteiger partial charge in [-0.15, -0.1) is 11.3 Å². The molecule has 1 N–H and O–H groups in total. The molecule has 0 aliphatic carbocycles. The van der Waals surface area contributed by atoms with Crippen molar-refractivity contribution < 1.29 is 17.7 Å². The highest BCUT2D eigenvalue weighted by molar-refractivity contribution is 7.92. The van der Waals surface area contributed by atoms with E-state index in [2.05, 4.69) is 14.9 Å². The number of benzene rings is 1. The number of carbonyl (C=O) groups excluding carboxylic acids is 1. The maximum absolute atomic E-state index is 12.6. The molecular formula is C16H16N4O4S2. The highest BCUT2D eigenvalue weighted by Crippen LogP contribution is 2.22. The van der Waals surface area contributed by atoms with Gasteiger partial charge in [0.2, 0.25) is 21.7 Å². The molecule has 0 radical (unpaired) electrons. The molecule has 0 saturated carbocycles. The van der Waals surface area contributed by atoms with Crippen LogP contribution < -0.4 is 4.72 Å². The lowest BCUT2D eigenvalue weighted by Crippen LogP contribution is -2.26. The minimum Gasteiger partial charge on any atom is -0.337 e. The van der Waals surface area contributed by atoms with Crippen LogP contribution in [-0.2, 0) is 16.6 Å². The summed E-state index contributed by atoms with van der Waals surface area (Å²) in [7, 11) is -1.81. The molecule has 1 aromatic carbocycles. The van der Waals surface area contributed by atoms with Crippen molar-refractivity contribution in [2.24, 2.45) is 0 Å². The Bertz CT molecular complexity index is 1010. The average molecular weight is 392 g/mol. The number of carbonyl (C=O) groups is 1. The van der Waals surface area contributed by atoms with Crippen LogP contribution in [-0.4, -0.2) is 42.7 Å². The molecule has 2 heterocycles. The molecule has 136 valence electrons. The van der Waals surface area contributed by atoms with Crippen molar-refractivity contribution >= 4 is 33.0 Å². The van der Waals surface area contributed by atoms with Crippen LogP contribution >= 0.6 is 11.3 Å². The molecule has 0 bridgehead atoms. The van der Waals surface area contributed by atoms with Gasteiger partial charge < -0.3 is 9.42 Å². The zero-order valence-corrected chi connectivity index (χ0v) is 15.7. The molecule has 2 aromatic heterocycles. The molecule has 3 aromatic rings. The quantitative estimate of drug-likeness (QED) is 0.691. The number of thiophene rings is 1. The van der Waals surface area contributed by atoms with Gasteiger partial charge in [-0.3, -0.25) is 9.52 Å².